The lowest BCUT2D eigenvalue weighted by atomic mass is 9.98. The minimum atomic E-state index is -0.727. The van der Waals surface area contributed by atoms with E-state index in [1.807, 2.05) is 36.4 Å². The van der Waals surface area contributed by atoms with Crippen LogP contribution in [-0.2, 0) is 16.0 Å². The van der Waals surface area contributed by atoms with E-state index in [-0.39, 0.29) is 5.91 Å². The van der Waals surface area contributed by atoms with Crippen molar-refractivity contribution >= 4 is 29.2 Å². The van der Waals surface area contributed by atoms with Gasteiger partial charge in [0.05, 0.1) is 5.56 Å². The van der Waals surface area contributed by atoms with Gasteiger partial charge in [-0.3, -0.25) is 4.79 Å². The number of anilines is 1. The van der Waals surface area contributed by atoms with E-state index in [2.05, 4.69) is 4.90 Å². The van der Waals surface area contributed by atoms with Crippen molar-refractivity contribution in [2.75, 3.05) is 31.1 Å². The molecule has 4 rings (SSSR count). The number of fused-ring (bicyclic) bond motifs is 1. The van der Waals surface area contributed by atoms with Crippen molar-refractivity contribution in [2.45, 2.75) is 12.5 Å². The number of carbonyl (C=O) groups is 2. The second kappa shape index (κ2) is 7.00. The summed E-state index contributed by atoms with van der Waals surface area (Å²) in [6.07, 6.45) is -0.287. The number of cyclic esters (lactones) is 1. The molecule has 6 heteroatoms. The first kappa shape index (κ1) is 16.9. The summed E-state index contributed by atoms with van der Waals surface area (Å²) in [6, 6.07) is 15.0. The Balaban J connectivity index is 1.41. The van der Waals surface area contributed by atoms with E-state index in [1.54, 1.807) is 17.0 Å². The van der Waals surface area contributed by atoms with Crippen LogP contribution in [0.15, 0.2) is 48.5 Å². The maximum atomic E-state index is 12.8. The predicted molar refractivity (Wildman–Crippen MR) is 99.6 cm³/mol. The van der Waals surface area contributed by atoms with Gasteiger partial charge in [0, 0.05) is 43.3 Å². The molecule has 0 aliphatic carbocycles. The van der Waals surface area contributed by atoms with Gasteiger partial charge < -0.3 is 14.5 Å². The van der Waals surface area contributed by atoms with E-state index >= 15 is 0 Å². The highest BCUT2D eigenvalue weighted by Crippen LogP contribution is 2.24. The molecule has 1 atom stereocenters. The Labute approximate surface area is 157 Å². The molecule has 0 bridgehead atoms. The largest absolute Gasteiger partial charge is 0.448 e. The van der Waals surface area contributed by atoms with Crippen LogP contribution in [0, 0.1) is 0 Å². The van der Waals surface area contributed by atoms with Crippen molar-refractivity contribution in [1.29, 1.82) is 0 Å². The summed E-state index contributed by atoms with van der Waals surface area (Å²) in [5.41, 5.74) is 2.49. The molecule has 1 saturated heterocycles. The Morgan fingerprint density at radius 1 is 1.04 bits per heavy atom. The fourth-order valence-electron chi connectivity index (χ4n) is 3.53. The highest BCUT2D eigenvalue weighted by atomic mass is 35.5. The second-order valence-corrected chi connectivity index (χ2v) is 6.98. The van der Waals surface area contributed by atoms with Gasteiger partial charge in [-0.25, -0.2) is 4.79 Å². The highest BCUT2D eigenvalue weighted by Gasteiger charge is 2.34. The van der Waals surface area contributed by atoms with Gasteiger partial charge in [-0.05, 0) is 29.8 Å². The normalized spacial score (nSPS) is 19.7. The molecule has 1 unspecified atom stereocenters. The Morgan fingerprint density at radius 2 is 1.81 bits per heavy atom. The van der Waals surface area contributed by atoms with Crippen molar-refractivity contribution < 1.29 is 14.3 Å². The van der Waals surface area contributed by atoms with Crippen LogP contribution in [0.5, 0.6) is 0 Å². The van der Waals surface area contributed by atoms with Crippen LogP contribution in [0.2, 0.25) is 5.02 Å². The number of esters is 1. The minimum absolute atomic E-state index is 0.112. The van der Waals surface area contributed by atoms with Gasteiger partial charge in [0.1, 0.15) is 0 Å². The molecule has 0 N–H and O–H groups in total. The van der Waals surface area contributed by atoms with E-state index in [1.165, 1.54) is 0 Å². The Kier molecular flexibility index (Phi) is 4.55. The zero-order valence-corrected chi connectivity index (χ0v) is 15.0. The number of ether oxygens (including phenoxy) is 1. The van der Waals surface area contributed by atoms with Crippen LogP contribution in [0.25, 0.3) is 0 Å². The molecule has 0 radical (unpaired) electrons. The number of carbonyl (C=O) groups excluding carboxylic acids is 2. The SMILES string of the molecule is O=C1OC(C(=O)N2CCN(c3cccc(Cl)c3)CC2)Cc2ccccc21. The fourth-order valence-corrected chi connectivity index (χ4v) is 3.72. The maximum absolute atomic E-state index is 12.8. The number of hydrogen-bond acceptors (Lipinski definition) is 4. The van der Waals surface area contributed by atoms with Crippen LogP contribution < -0.4 is 4.90 Å². The molecule has 2 aliphatic rings. The number of halogens is 1. The lowest BCUT2D eigenvalue weighted by molar-refractivity contribution is -0.141. The molecule has 0 saturated carbocycles. The summed E-state index contributed by atoms with van der Waals surface area (Å²) in [5.74, 6) is -0.527. The molecule has 2 heterocycles. The van der Waals surface area contributed by atoms with Crippen molar-refractivity contribution in [1.82, 2.24) is 4.90 Å². The Morgan fingerprint density at radius 3 is 2.58 bits per heavy atom. The summed E-state index contributed by atoms with van der Waals surface area (Å²) in [5, 5.41) is 0.703. The first-order valence-corrected chi connectivity index (χ1v) is 9.08. The van der Waals surface area contributed by atoms with Crippen LogP contribution in [0.3, 0.4) is 0 Å². The Hall–Kier alpha value is -2.53. The average Bonchev–Trinajstić information content (AvgIpc) is 2.67. The van der Waals surface area contributed by atoms with Gasteiger partial charge in [0.2, 0.25) is 0 Å². The summed E-state index contributed by atoms with van der Waals surface area (Å²) < 4.78 is 5.39. The van der Waals surface area contributed by atoms with E-state index in [9.17, 15) is 9.59 Å². The molecule has 1 fully saturated rings. The molecule has 2 aliphatic heterocycles. The summed E-state index contributed by atoms with van der Waals surface area (Å²) in [4.78, 5) is 28.9. The van der Waals surface area contributed by atoms with Gasteiger partial charge in [-0.1, -0.05) is 35.9 Å². The molecule has 134 valence electrons. The first-order valence-electron chi connectivity index (χ1n) is 8.70. The number of benzene rings is 2. The first-order chi connectivity index (χ1) is 12.6. The van der Waals surface area contributed by atoms with Crippen molar-refractivity contribution in [3.63, 3.8) is 0 Å². The second-order valence-electron chi connectivity index (χ2n) is 6.55. The standard InChI is InChI=1S/C20H19ClN2O3/c21-15-5-3-6-16(13-15)22-8-10-23(11-9-22)19(24)18-12-14-4-1-2-7-17(14)20(25)26-18/h1-7,13,18H,8-12H2. The van der Waals surface area contributed by atoms with Gasteiger partial charge in [-0.15, -0.1) is 0 Å². The van der Waals surface area contributed by atoms with E-state index < -0.39 is 12.1 Å². The van der Waals surface area contributed by atoms with Crippen LogP contribution in [0.1, 0.15) is 15.9 Å². The number of piperazine rings is 1. The van der Waals surface area contributed by atoms with Gasteiger partial charge in [0.25, 0.3) is 5.91 Å². The summed E-state index contributed by atoms with van der Waals surface area (Å²) in [6.45, 7) is 2.65. The van der Waals surface area contributed by atoms with Crippen LogP contribution in [-0.4, -0.2) is 49.1 Å². The van der Waals surface area contributed by atoms with Crippen molar-refractivity contribution in [3.05, 3.63) is 64.7 Å². The van der Waals surface area contributed by atoms with Gasteiger partial charge in [0.15, 0.2) is 6.10 Å². The van der Waals surface area contributed by atoms with Crippen LogP contribution in [0.4, 0.5) is 5.69 Å². The lowest BCUT2D eigenvalue weighted by Crippen LogP contribution is -2.53. The number of rotatable bonds is 2. The highest BCUT2D eigenvalue weighted by molar-refractivity contribution is 6.30. The van der Waals surface area contributed by atoms with Gasteiger partial charge in [-0.2, -0.15) is 0 Å². The van der Waals surface area contributed by atoms with E-state index in [0.29, 0.717) is 30.1 Å². The molecular weight excluding hydrogens is 352 g/mol. The number of amides is 1. The molecular formula is C20H19ClN2O3. The fraction of sp³-hybridized carbons (Fsp3) is 0.300. The predicted octanol–water partition coefficient (Wildman–Crippen LogP) is 2.77. The zero-order chi connectivity index (χ0) is 18.1. The van der Waals surface area contributed by atoms with Crippen molar-refractivity contribution in [3.8, 4) is 0 Å². The van der Waals surface area contributed by atoms with Crippen LogP contribution >= 0.6 is 11.6 Å². The Bertz CT molecular complexity index is 846. The monoisotopic (exact) mass is 370 g/mol. The summed E-state index contributed by atoms with van der Waals surface area (Å²) in [7, 11) is 0. The zero-order valence-electron chi connectivity index (χ0n) is 14.2. The number of hydrogen-bond donors (Lipinski definition) is 0. The smallest absolute Gasteiger partial charge is 0.339 e. The molecule has 0 aromatic heterocycles. The topological polar surface area (TPSA) is 49.9 Å². The molecule has 0 spiro atoms. The average molecular weight is 371 g/mol. The third-order valence-electron chi connectivity index (χ3n) is 4.93. The van der Waals surface area contributed by atoms with E-state index in [4.69, 9.17) is 16.3 Å². The maximum Gasteiger partial charge on any atom is 0.339 e. The van der Waals surface area contributed by atoms with Gasteiger partial charge >= 0.3 is 5.97 Å². The lowest BCUT2D eigenvalue weighted by Gasteiger charge is -2.38. The molecule has 1 amide bonds. The summed E-state index contributed by atoms with van der Waals surface area (Å²) >= 11 is 6.06. The molecule has 2 aromatic rings. The minimum Gasteiger partial charge on any atom is -0.448 e. The molecule has 26 heavy (non-hydrogen) atoms. The quantitative estimate of drug-likeness (QED) is 0.763. The number of nitrogens with zero attached hydrogens (tertiary/aromatic N) is 2. The molecule has 5 nitrogen and oxygen atoms in total. The third kappa shape index (κ3) is 3.27. The third-order valence-corrected chi connectivity index (χ3v) is 5.17. The molecule has 2 aromatic carbocycles. The van der Waals surface area contributed by atoms with E-state index in [0.717, 1.165) is 24.3 Å². The van der Waals surface area contributed by atoms with Crippen molar-refractivity contribution in [2.24, 2.45) is 0 Å².